The van der Waals surface area contributed by atoms with E-state index < -0.39 is 0 Å². The molecule has 1 atom stereocenters. The molecule has 2 aromatic carbocycles. The fourth-order valence-electron chi connectivity index (χ4n) is 3.38. The molecule has 0 bridgehead atoms. The van der Waals surface area contributed by atoms with Gasteiger partial charge in [-0.05, 0) is 37.6 Å². The van der Waals surface area contributed by atoms with E-state index in [0.717, 1.165) is 29.6 Å². The van der Waals surface area contributed by atoms with Crippen LogP contribution in [-0.4, -0.2) is 25.0 Å². The number of carbonyl (C=O) groups excluding carboxylic acids is 2. The number of benzene rings is 2. The van der Waals surface area contributed by atoms with Gasteiger partial charge in [-0.25, -0.2) is 0 Å². The zero-order valence-corrected chi connectivity index (χ0v) is 15.7. The van der Waals surface area contributed by atoms with E-state index in [-0.39, 0.29) is 24.5 Å². The Kier molecular flexibility index (Phi) is 5.02. The summed E-state index contributed by atoms with van der Waals surface area (Å²) in [5.74, 6) is 1.14. The summed E-state index contributed by atoms with van der Waals surface area (Å²) in [5.41, 5.74) is 1.60. The minimum atomic E-state index is -0.267. The number of rotatable bonds is 6. The minimum absolute atomic E-state index is 0.109. The third-order valence-corrected chi connectivity index (χ3v) is 4.82. The monoisotopic (exact) mass is 378 g/mol. The van der Waals surface area contributed by atoms with Crippen molar-refractivity contribution >= 4 is 28.5 Å². The van der Waals surface area contributed by atoms with Crippen LogP contribution in [0.15, 0.2) is 59.0 Å². The third kappa shape index (κ3) is 3.86. The number of anilines is 1. The van der Waals surface area contributed by atoms with Crippen LogP contribution >= 0.6 is 0 Å². The molecule has 1 N–H and O–H groups in total. The zero-order valence-electron chi connectivity index (χ0n) is 15.7. The van der Waals surface area contributed by atoms with E-state index in [2.05, 4.69) is 5.32 Å². The average molecular weight is 378 g/mol. The highest BCUT2D eigenvalue weighted by Crippen LogP contribution is 2.26. The molecule has 6 nitrogen and oxygen atoms in total. The van der Waals surface area contributed by atoms with Gasteiger partial charge in [0.1, 0.15) is 17.1 Å². The Balaban J connectivity index is 1.34. The molecule has 1 fully saturated rings. The molecule has 1 aliphatic heterocycles. The van der Waals surface area contributed by atoms with E-state index in [1.54, 1.807) is 17.0 Å². The Hall–Kier alpha value is -3.28. The highest BCUT2D eigenvalue weighted by molar-refractivity contribution is 5.95. The summed E-state index contributed by atoms with van der Waals surface area (Å²) < 4.78 is 11.4. The topological polar surface area (TPSA) is 71.8 Å². The van der Waals surface area contributed by atoms with Crippen LogP contribution in [0, 0.1) is 0 Å². The molecular weight excluding hydrogens is 356 g/mol. The predicted molar refractivity (Wildman–Crippen MR) is 106 cm³/mol. The Morgan fingerprint density at radius 2 is 2.07 bits per heavy atom. The van der Waals surface area contributed by atoms with Gasteiger partial charge in [-0.15, -0.1) is 0 Å². The number of nitrogens with one attached hydrogen (secondary N) is 1. The lowest BCUT2D eigenvalue weighted by atomic mass is 10.2. The van der Waals surface area contributed by atoms with E-state index in [1.165, 1.54) is 0 Å². The van der Waals surface area contributed by atoms with Gasteiger partial charge in [0.2, 0.25) is 5.91 Å². The second-order valence-electron chi connectivity index (χ2n) is 6.91. The smallest absolute Gasteiger partial charge is 0.258 e. The van der Waals surface area contributed by atoms with Crippen LogP contribution in [0.1, 0.15) is 31.6 Å². The van der Waals surface area contributed by atoms with Crippen molar-refractivity contribution in [3.63, 3.8) is 0 Å². The standard InChI is InChI=1S/C22H22N2O4/c1-15(20-12-16-6-2-3-9-19(16)28-20)23-21(25)14-27-18-8-4-7-17(13-18)24-11-5-10-22(24)26/h2-4,6-9,12-13,15H,5,10-11,14H2,1H3,(H,23,25). The van der Waals surface area contributed by atoms with E-state index in [0.29, 0.717) is 17.9 Å². The number of hydrogen-bond donors (Lipinski definition) is 1. The summed E-state index contributed by atoms with van der Waals surface area (Å²) >= 11 is 0. The van der Waals surface area contributed by atoms with E-state index in [1.807, 2.05) is 49.4 Å². The molecule has 2 amide bonds. The predicted octanol–water partition coefficient (Wildman–Crippen LogP) is 3.82. The summed E-state index contributed by atoms with van der Waals surface area (Å²) in [6, 6.07) is 16.7. The Bertz CT molecular complexity index is 977. The molecule has 1 aliphatic rings. The maximum atomic E-state index is 12.3. The second kappa shape index (κ2) is 7.76. The van der Waals surface area contributed by atoms with Gasteiger partial charge in [0, 0.05) is 30.1 Å². The first kappa shape index (κ1) is 18.1. The van der Waals surface area contributed by atoms with E-state index >= 15 is 0 Å². The molecule has 0 saturated carbocycles. The number of para-hydroxylation sites is 1. The minimum Gasteiger partial charge on any atom is -0.484 e. The van der Waals surface area contributed by atoms with Gasteiger partial charge in [0.05, 0.1) is 6.04 Å². The quantitative estimate of drug-likeness (QED) is 0.708. The van der Waals surface area contributed by atoms with Crippen molar-refractivity contribution in [2.45, 2.75) is 25.8 Å². The fraction of sp³-hybridized carbons (Fsp3) is 0.273. The SMILES string of the molecule is CC(NC(=O)COc1cccc(N2CCCC2=O)c1)c1cc2ccccc2o1. The molecule has 4 rings (SSSR count). The van der Waals surface area contributed by atoms with Crippen LogP contribution in [-0.2, 0) is 9.59 Å². The van der Waals surface area contributed by atoms with Crippen molar-refractivity contribution in [1.29, 1.82) is 0 Å². The lowest BCUT2D eigenvalue weighted by molar-refractivity contribution is -0.124. The van der Waals surface area contributed by atoms with Gasteiger partial charge in [0.25, 0.3) is 5.91 Å². The molecule has 3 aromatic rings. The van der Waals surface area contributed by atoms with Crippen molar-refractivity contribution in [2.24, 2.45) is 0 Å². The van der Waals surface area contributed by atoms with Crippen molar-refractivity contribution in [3.8, 4) is 5.75 Å². The zero-order chi connectivity index (χ0) is 19.5. The number of carbonyl (C=O) groups is 2. The number of amides is 2. The summed E-state index contributed by atoms with van der Waals surface area (Å²) in [7, 11) is 0. The van der Waals surface area contributed by atoms with E-state index in [9.17, 15) is 9.59 Å². The van der Waals surface area contributed by atoms with Gasteiger partial charge in [0.15, 0.2) is 6.61 Å². The molecule has 28 heavy (non-hydrogen) atoms. The van der Waals surface area contributed by atoms with Crippen LogP contribution in [0.5, 0.6) is 5.75 Å². The van der Waals surface area contributed by atoms with Crippen LogP contribution < -0.4 is 15.0 Å². The lowest BCUT2D eigenvalue weighted by Gasteiger charge is -2.17. The van der Waals surface area contributed by atoms with Crippen LogP contribution in [0.25, 0.3) is 11.0 Å². The fourth-order valence-corrected chi connectivity index (χ4v) is 3.38. The van der Waals surface area contributed by atoms with Crippen LogP contribution in [0.4, 0.5) is 5.69 Å². The number of fused-ring (bicyclic) bond motifs is 1. The second-order valence-corrected chi connectivity index (χ2v) is 6.91. The van der Waals surface area contributed by atoms with Crippen molar-refractivity contribution in [3.05, 3.63) is 60.4 Å². The maximum Gasteiger partial charge on any atom is 0.258 e. The number of furan rings is 1. The Morgan fingerprint density at radius 3 is 2.86 bits per heavy atom. The molecule has 0 aliphatic carbocycles. The summed E-state index contributed by atoms with van der Waals surface area (Å²) in [6.45, 7) is 2.48. The lowest BCUT2D eigenvalue weighted by Crippen LogP contribution is -2.31. The molecule has 0 radical (unpaired) electrons. The summed E-state index contributed by atoms with van der Waals surface area (Å²) in [6.07, 6.45) is 1.44. The van der Waals surface area contributed by atoms with Gasteiger partial charge >= 0.3 is 0 Å². The first-order chi connectivity index (χ1) is 13.6. The van der Waals surface area contributed by atoms with Gasteiger partial charge in [-0.2, -0.15) is 0 Å². The number of ether oxygens (including phenoxy) is 1. The van der Waals surface area contributed by atoms with Crippen molar-refractivity contribution in [2.75, 3.05) is 18.1 Å². The summed E-state index contributed by atoms with van der Waals surface area (Å²) in [5, 5.41) is 3.88. The molecule has 0 spiro atoms. The number of nitrogens with zero attached hydrogens (tertiary/aromatic N) is 1. The molecule has 6 heteroatoms. The molecule has 1 aromatic heterocycles. The maximum absolute atomic E-state index is 12.3. The summed E-state index contributed by atoms with van der Waals surface area (Å²) in [4.78, 5) is 25.9. The normalized spacial score (nSPS) is 15.0. The van der Waals surface area contributed by atoms with E-state index in [4.69, 9.17) is 9.15 Å². The molecular formula is C22H22N2O4. The molecule has 2 heterocycles. The Labute approximate surface area is 163 Å². The van der Waals surface area contributed by atoms with Crippen molar-refractivity contribution in [1.82, 2.24) is 5.32 Å². The van der Waals surface area contributed by atoms with Crippen molar-refractivity contribution < 1.29 is 18.7 Å². The first-order valence-electron chi connectivity index (χ1n) is 9.41. The van der Waals surface area contributed by atoms with Gasteiger partial charge in [-0.3, -0.25) is 9.59 Å². The first-order valence-corrected chi connectivity index (χ1v) is 9.41. The van der Waals surface area contributed by atoms with Crippen LogP contribution in [0.2, 0.25) is 0 Å². The molecule has 144 valence electrons. The van der Waals surface area contributed by atoms with Crippen LogP contribution in [0.3, 0.4) is 0 Å². The average Bonchev–Trinajstić information content (AvgIpc) is 3.32. The third-order valence-electron chi connectivity index (χ3n) is 4.82. The van der Waals surface area contributed by atoms with Gasteiger partial charge < -0.3 is 19.4 Å². The van der Waals surface area contributed by atoms with Gasteiger partial charge in [-0.1, -0.05) is 24.3 Å². The highest BCUT2D eigenvalue weighted by Gasteiger charge is 2.22. The largest absolute Gasteiger partial charge is 0.484 e. The Morgan fingerprint density at radius 1 is 1.21 bits per heavy atom. The number of hydrogen-bond acceptors (Lipinski definition) is 4. The molecule has 1 unspecified atom stereocenters. The molecule has 1 saturated heterocycles. The highest BCUT2D eigenvalue weighted by atomic mass is 16.5.